The van der Waals surface area contributed by atoms with Crippen molar-refractivity contribution < 1.29 is 0 Å². The van der Waals surface area contributed by atoms with Crippen LogP contribution in [-0.4, -0.2) is 0 Å². The molecule has 0 aromatic rings. The molecular weight excluding hydrogens is 290 g/mol. The second-order valence-corrected chi connectivity index (χ2v) is 8.25. The second kappa shape index (κ2) is 11.5. The van der Waals surface area contributed by atoms with Crippen LogP contribution in [0.3, 0.4) is 0 Å². The maximum absolute atomic E-state index is 8.43. The average Bonchev–Trinajstić information content (AvgIpc) is 2.64. The highest BCUT2D eigenvalue weighted by Crippen LogP contribution is 2.38. The predicted octanol–water partition coefficient (Wildman–Crippen LogP) is 7.21. The molecule has 0 N–H and O–H groups in total. The minimum atomic E-state index is 0.950. The maximum Gasteiger partial charge on any atom is 0.0912 e. The van der Waals surface area contributed by atoms with E-state index in [-0.39, 0.29) is 0 Å². The van der Waals surface area contributed by atoms with Gasteiger partial charge in [0.15, 0.2) is 0 Å². The van der Waals surface area contributed by atoms with Crippen LogP contribution in [0.2, 0.25) is 0 Å². The molecule has 2 fully saturated rings. The molecule has 0 heterocycles. The van der Waals surface area contributed by atoms with Gasteiger partial charge < -0.3 is 0 Å². The summed E-state index contributed by atoms with van der Waals surface area (Å²) in [6, 6.07) is 2.02. The molecule has 24 heavy (non-hydrogen) atoms. The normalized spacial score (nSPS) is 31.5. The average molecular weight is 328 g/mol. The van der Waals surface area contributed by atoms with Crippen molar-refractivity contribution in [3.63, 3.8) is 0 Å². The Bertz CT molecular complexity index is 412. The fourth-order valence-corrected chi connectivity index (χ4v) is 4.81. The van der Waals surface area contributed by atoms with Gasteiger partial charge in [0.1, 0.15) is 0 Å². The van der Waals surface area contributed by atoms with Crippen LogP contribution in [0.4, 0.5) is 0 Å². The maximum atomic E-state index is 8.43. The lowest BCUT2D eigenvalue weighted by atomic mass is 9.74. The van der Waals surface area contributed by atoms with Gasteiger partial charge in [-0.2, -0.15) is 5.26 Å². The number of nitrogens with zero attached hydrogens (tertiary/aromatic N) is 1. The number of hydrogen-bond acceptors (Lipinski definition) is 1. The fraction of sp³-hybridized carbons (Fsp3) is 0.783. The third-order valence-electron chi connectivity index (χ3n) is 6.65. The summed E-state index contributed by atoms with van der Waals surface area (Å²) in [5.74, 6) is 4.07. The highest BCUT2D eigenvalue weighted by molar-refractivity contribution is 5.11. The molecule has 2 rings (SSSR count). The summed E-state index contributed by atoms with van der Waals surface area (Å²) in [5, 5.41) is 8.43. The molecule has 1 heteroatoms. The summed E-state index contributed by atoms with van der Waals surface area (Å²) in [6.45, 7) is 2.36. The molecule has 0 spiro atoms. The smallest absolute Gasteiger partial charge is 0.0912 e. The van der Waals surface area contributed by atoms with Gasteiger partial charge >= 0.3 is 0 Å². The molecule has 0 unspecified atom stereocenters. The van der Waals surface area contributed by atoms with E-state index in [9.17, 15) is 0 Å². The first-order chi connectivity index (χ1) is 11.8. The van der Waals surface area contributed by atoms with Gasteiger partial charge in [0, 0.05) is 6.08 Å². The van der Waals surface area contributed by atoms with Crippen molar-refractivity contribution in [2.45, 2.75) is 90.4 Å². The van der Waals surface area contributed by atoms with E-state index in [1.807, 2.05) is 18.2 Å². The minimum absolute atomic E-state index is 0.950. The van der Waals surface area contributed by atoms with Gasteiger partial charge in [-0.15, -0.1) is 0 Å². The molecule has 0 atom stereocenters. The van der Waals surface area contributed by atoms with Gasteiger partial charge in [0.2, 0.25) is 0 Å². The summed E-state index contributed by atoms with van der Waals surface area (Å²) >= 11 is 0. The number of nitriles is 1. The minimum Gasteiger partial charge on any atom is -0.193 e. The lowest BCUT2D eigenvalue weighted by Crippen LogP contribution is -2.18. The molecule has 0 aromatic carbocycles. The van der Waals surface area contributed by atoms with Crippen molar-refractivity contribution in [2.75, 3.05) is 0 Å². The Morgan fingerprint density at radius 2 is 1.25 bits per heavy atom. The molecule has 0 radical (unpaired) electrons. The molecule has 0 amide bonds. The molecule has 134 valence electrons. The van der Waals surface area contributed by atoms with Gasteiger partial charge in [0.25, 0.3) is 0 Å². The number of rotatable bonds is 8. The van der Waals surface area contributed by atoms with E-state index in [1.54, 1.807) is 0 Å². The highest BCUT2D eigenvalue weighted by Gasteiger charge is 2.24. The third kappa shape index (κ3) is 7.25. The van der Waals surface area contributed by atoms with E-state index in [0.717, 1.165) is 23.7 Å². The van der Waals surface area contributed by atoms with E-state index in [0.29, 0.717) is 0 Å². The second-order valence-electron chi connectivity index (χ2n) is 8.25. The Morgan fingerprint density at radius 1 is 0.750 bits per heavy atom. The fourth-order valence-electron chi connectivity index (χ4n) is 4.81. The van der Waals surface area contributed by atoms with Gasteiger partial charge in [0.05, 0.1) is 6.07 Å². The van der Waals surface area contributed by atoms with Crippen LogP contribution < -0.4 is 0 Å². The van der Waals surface area contributed by atoms with E-state index in [2.05, 4.69) is 13.0 Å². The topological polar surface area (TPSA) is 23.8 Å². The summed E-state index contributed by atoms with van der Waals surface area (Å²) in [7, 11) is 0. The SMILES string of the molecule is CCC1CCC(CCC2CCC(CC/C=C/C=C/C#N)CC2)CC1. The van der Waals surface area contributed by atoms with Crippen molar-refractivity contribution in [2.24, 2.45) is 23.7 Å². The summed E-state index contributed by atoms with van der Waals surface area (Å²) in [4.78, 5) is 0. The molecule has 2 aliphatic carbocycles. The zero-order valence-corrected chi connectivity index (χ0v) is 15.8. The zero-order chi connectivity index (χ0) is 17.0. The quantitative estimate of drug-likeness (QED) is 0.341. The molecule has 0 aromatic heterocycles. The van der Waals surface area contributed by atoms with Gasteiger partial charge in [-0.05, 0) is 36.5 Å². The Kier molecular flexibility index (Phi) is 9.26. The van der Waals surface area contributed by atoms with E-state index >= 15 is 0 Å². The first kappa shape index (κ1) is 19.3. The summed E-state index contributed by atoms with van der Waals surface area (Å²) in [5.41, 5.74) is 0. The van der Waals surface area contributed by atoms with Gasteiger partial charge in [-0.25, -0.2) is 0 Å². The molecule has 2 aliphatic rings. The molecule has 0 aliphatic heterocycles. The number of allylic oxidation sites excluding steroid dienone is 4. The van der Waals surface area contributed by atoms with Crippen LogP contribution >= 0.6 is 0 Å². The monoisotopic (exact) mass is 327 g/mol. The third-order valence-corrected chi connectivity index (χ3v) is 6.65. The number of hydrogen-bond donors (Lipinski definition) is 0. The van der Waals surface area contributed by atoms with Crippen LogP contribution in [0.1, 0.15) is 90.4 Å². The van der Waals surface area contributed by atoms with E-state index in [1.165, 1.54) is 89.5 Å². The Hall–Kier alpha value is -1.03. The Balaban J connectivity index is 1.52. The molecule has 1 nitrogen and oxygen atoms in total. The van der Waals surface area contributed by atoms with Crippen LogP contribution in [0.25, 0.3) is 0 Å². The van der Waals surface area contributed by atoms with Crippen LogP contribution in [-0.2, 0) is 0 Å². The Morgan fingerprint density at radius 3 is 1.75 bits per heavy atom. The van der Waals surface area contributed by atoms with E-state index < -0.39 is 0 Å². The predicted molar refractivity (Wildman–Crippen MR) is 104 cm³/mol. The van der Waals surface area contributed by atoms with Crippen molar-refractivity contribution in [1.82, 2.24) is 0 Å². The van der Waals surface area contributed by atoms with E-state index in [4.69, 9.17) is 5.26 Å². The first-order valence-electron chi connectivity index (χ1n) is 10.5. The van der Waals surface area contributed by atoms with Crippen molar-refractivity contribution in [3.8, 4) is 6.07 Å². The Labute approximate surface area is 150 Å². The molecular formula is C23H37N. The van der Waals surface area contributed by atoms with Crippen molar-refractivity contribution in [3.05, 3.63) is 24.3 Å². The van der Waals surface area contributed by atoms with Gasteiger partial charge in [-0.3, -0.25) is 0 Å². The van der Waals surface area contributed by atoms with Crippen LogP contribution in [0, 0.1) is 35.0 Å². The molecule has 2 saturated carbocycles. The highest BCUT2D eigenvalue weighted by atomic mass is 14.3. The van der Waals surface area contributed by atoms with Crippen LogP contribution in [0.15, 0.2) is 24.3 Å². The molecule has 0 saturated heterocycles. The lowest BCUT2D eigenvalue weighted by Gasteiger charge is -2.31. The standard InChI is InChI=1S/C23H37N/c1-2-20-9-11-22(12-10-20)17-18-23-15-13-21(14-16-23)8-6-4-3-5-7-19-24/h3-5,7,20-23H,2,6,8-18H2,1H3/b4-3+,7-5+. The van der Waals surface area contributed by atoms with Gasteiger partial charge in [-0.1, -0.05) is 95.8 Å². The largest absolute Gasteiger partial charge is 0.193 e. The molecule has 0 bridgehead atoms. The zero-order valence-electron chi connectivity index (χ0n) is 15.8. The first-order valence-corrected chi connectivity index (χ1v) is 10.5. The van der Waals surface area contributed by atoms with Crippen LogP contribution in [0.5, 0.6) is 0 Å². The van der Waals surface area contributed by atoms with Crippen molar-refractivity contribution in [1.29, 1.82) is 5.26 Å². The summed E-state index contributed by atoms with van der Waals surface area (Å²) in [6.07, 6.45) is 26.4. The summed E-state index contributed by atoms with van der Waals surface area (Å²) < 4.78 is 0. The lowest BCUT2D eigenvalue weighted by molar-refractivity contribution is 0.212. The van der Waals surface area contributed by atoms with Crippen molar-refractivity contribution >= 4 is 0 Å².